The summed E-state index contributed by atoms with van der Waals surface area (Å²) in [4.78, 5) is 9.61. The lowest BCUT2D eigenvalue weighted by Gasteiger charge is -2.34. The van der Waals surface area contributed by atoms with Crippen LogP contribution in [0.25, 0.3) is 0 Å². The van der Waals surface area contributed by atoms with Crippen molar-refractivity contribution in [2.45, 2.75) is 19.7 Å². The van der Waals surface area contributed by atoms with Crippen molar-refractivity contribution in [1.82, 2.24) is 14.8 Å². The van der Waals surface area contributed by atoms with Crippen LogP contribution in [-0.2, 0) is 19.7 Å². The maximum atomic E-state index is 13.0. The number of fused-ring (bicyclic) bond motifs is 1. The molecule has 6 nitrogen and oxygen atoms in total. The van der Waals surface area contributed by atoms with Crippen LogP contribution in [0, 0.1) is 5.82 Å². The molecule has 1 fully saturated rings. The summed E-state index contributed by atoms with van der Waals surface area (Å²) in [7, 11) is 0. The van der Waals surface area contributed by atoms with Gasteiger partial charge in [0, 0.05) is 44.6 Å². The fourth-order valence-electron chi connectivity index (χ4n) is 3.80. The van der Waals surface area contributed by atoms with Gasteiger partial charge in [0.05, 0.1) is 5.69 Å². The molecule has 0 aliphatic carbocycles. The Kier molecular flexibility index (Phi) is 6.01. The van der Waals surface area contributed by atoms with E-state index in [0.29, 0.717) is 19.1 Å². The summed E-state index contributed by atoms with van der Waals surface area (Å²) in [6.45, 7) is 6.58. The minimum absolute atomic E-state index is 0.264. The van der Waals surface area contributed by atoms with E-state index in [9.17, 15) is 4.39 Å². The van der Waals surface area contributed by atoms with Crippen LogP contribution in [0.1, 0.15) is 16.3 Å². The normalized spacial score (nSPS) is 16.5. The standard InChI is InChI=1S/C23H24FN3O3S/c24-18-2-4-20(5-3-18)28-14-23-25-19(15-31-23)13-27-9-7-26(8-10-27)12-17-1-6-21-22(11-17)30-16-29-21/h1-6,11,15H,7-10,12-14,16H2. The number of rotatable bonds is 7. The van der Waals surface area contributed by atoms with Gasteiger partial charge in [-0.3, -0.25) is 9.80 Å². The summed E-state index contributed by atoms with van der Waals surface area (Å²) in [5.41, 5.74) is 2.33. The highest BCUT2D eigenvalue weighted by Gasteiger charge is 2.19. The van der Waals surface area contributed by atoms with E-state index in [1.165, 1.54) is 17.7 Å². The Morgan fingerprint density at radius 2 is 1.68 bits per heavy atom. The van der Waals surface area contributed by atoms with E-state index in [2.05, 4.69) is 27.3 Å². The zero-order valence-corrected chi connectivity index (χ0v) is 17.9. The summed E-state index contributed by atoms with van der Waals surface area (Å²) in [5, 5.41) is 3.03. The third-order valence-electron chi connectivity index (χ3n) is 5.47. The lowest BCUT2D eigenvalue weighted by molar-refractivity contribution is 0.121. The molecule has 0 radical (unpaired) electrons. The van der Waals surface area contributed by atoms with E-state index in [1.807, 2.05) is 6.07 Å². The zero-order chi connectivity index (χ0) is 21.0. The number of hydrogen-bond acceptors (Lipinski definition) is 7. The van der Waals surface area contributed by atoms with Crippen molar-refractivity contribution in [2.75, 3.05) is 33.0 Å². The maximum Gasteiger partial charge on any atom is 0.231 e. The number of nitrogens with zero attached hydrogens (tertiary/aromatic N) is 3. The van der Waals surface area contributed by atoms with Crippen molar-refractivity contribution in [3.8, 4) is 17.2 Å². The molecule has 0 N–H and O–H groups in total. The first-order chi connectivity index (χ1) is 15.2. The van der Waals surface area contributed by atoms with Crippen LogP contribution in [0.3, 0.4) is 0 Å². The minimum atomic E-state index is -0.264. The third kappa shape index (κ3) is 5.15. The second kappa shape index (κ2) is 9.21. The molecule has 0 spiro atoms. The van der Waals surface area contributed by atoms with E-state index in [4.69, 9.17) is 19.2 Å². The second-order valence-electron chi connectivity index (χ2n) is 7.72. The van der Waals surface area contributed by atoms with Gasteiger partial charge in [-0.1, -0.05) is 6.07 Å². The number of piperazine rings is 1. The highest BCUT2D eigenvalue weighted by atomic mass is 32.1. The molecule has 0 atom stereocenters. The Morgan fingerprint density at radius 1 is 0.935 bits per heavy atom. The summed E-state index contributed by atoms with van der Waals surface area (Å²) >= 11 is 1.60. The Balaban J connectivity index is 1.07. The number of benzene rings is 2. The molecule has 0 bridgehead atoms. The van der Waals surface area contributed by atoms with Crippen molar-refractivity contribution in [2.24, 2.45) is 0 Å². The molecule has 162 valence electrons. The Morgan fingerprint density at radius 3 is 2.48 bits per heavy atom. The molecule has 8 heteroatoms. The SMILES string of the molecule is Fc1ccc(OCc2nc(CN3CCN(Cc4ccc5c(c4)OCO5)CC3)cs2)cc1. The first-order valence-electron chi connectivity index (χ1n) is 10.4. The van der Waals surface area contributed by atoms with Crippen molar-refractivity contribution < 1.29 is 18.6 Å². The molecular weight excluding hydrogens is 417 g/mol. The molecule has 3 aromatic rings. The van der Waals surface area contributed by atoms with Crippen LogP contribution < -0.4 is 14.2 Å². The maximum absolute atomic E-state index is 13.0. The average molecular weight is 442 g/mol. The monoisotopic (exact) mass is 441 g/mol. The summed E-state index contributed by atoms with van der Waals surface area (Å²) in [6, 6.07) is 12.3. The molecule has 2 aromatic carbocycles. The summed E-state index contributed by atoms with van der Waals surface area (Å²) < 4.78 is 29.5. The van der Waals surface area contributed by atoms with Gasteiger partial charge in [0.1, 0.15) is 23.2 Å². The average Bonchev–Trinajstić information content (AvgIpc) is 3.44. The van der Waals surface area contributed by atoms with E-state index < -0.39 is 0 Å². The van der Waals surface area contributed by atoms with E-state index in [1.54, 1.807) is 23.5 Å². The van der Waals surface area contributed by atoms with E-state index in [-0.39, 0.29) is 5.82 Å². The van der Waals surface area contributed by atoms with Crippen molar-refractivity contribution in [3.05, 3.63) is 69.9 Å². The highest BCUT2D eigenvalue weighted by molar-refractivity contribution is 7.09. The number of aromatic nitrogens is 1. The molecule has 3 heterocycles. The number of hydrogen-bond donors (Lipinski definition) is 0. The van der Waals surface area contributed by atoms with Gasteiger partial charge in [-0.2, -0.15) is 0 Å². The topological polar surface area (TPSA) is 47.1 Å². The smallest absolute Gasteiger partial charge is 0.231 e. The molecular formula is C23H24FN3O3S. The first kappa shape index (κ1) is 20.2. The predicted molar refractivity (Wildman–Crippen MR) is 116 cm³/mol. The molecule has 0 saturated carbocycles. The first-order valence-corrected chi connectivity index (χ1v) is 11.2. The number of ether oxygens (including phenoxy) is 3. The predicted octanol–water partition coefficient (Wildman–Crippen LogP) is 3.91. The van der Waals surface area contributed by atoms with Crippen LogP contribution >= 0.6 is 11.3 Å². The Bertz CT molecular complexity index is 1020. The van der Waals surface area contributed by atoms with Crippen LogP contribution in [0.2, 0.25) is 0 Å². The van der Waals surface area contributed by atoms with Crippen LogP contribution in [0.5, 0.6) is 17.2 Å². The van der Waals surface area contributed by atoms with Crippen molar-refractivity contribution in [3.63, 3.8) is 0 Å². The molecule has 1 aromatic heterocycles. The van der Waals surface area contributed by atoms with Gasteiger partial charge in [0.2, 0.25) is 6.79 Å². The van der Waals surface area contributed by atoms with Crippen molar-refractivity contribution in [1.29, 1.82) is 0 Å². The van der Waals surface area contributed by atoms with Gasteiger partial charge in [-0.15, -0.1) is 11.3 Å². The lowest BCUT2D eigenvalue weighted by Crippen LogP contribution is -2.45. The van der Waals surface area contributed by atoms with Gasteiger partial charge in [0.25, 0.3) is 0 Å². The van der Waals surface area contributed by atoms with Crippen LogP contribution in [0.15, 0.2) is 47.8 Å². The largest absolute Gasteiger partial charge is 0.486 e. The Labute approximate surface area is 184 Å². The highest BCUT2D eigenvalue weighted by Crippen LogP contribution is 2.32. The van der Waals surface area contributed by atoms with Crippen LogP contribution in [0.4, 0.5) is 4.39 Å². The zero-order valence-electron chi connectivity index (χ0n) is 17.1. The minimum Gasteiger partial charge on any atom is -0.486 e. The molecule has 31 heavy (non-hydrogen) atoms. The molecule has 2 aliphatic rings. The quantitative estimate of drug-likeness (QED) is 0.554. The van der Waals surface area contributed by atoms with Gasteiger partial charge >= 0.3 is 0 Å². The molecule has 1 saturated heterocycles. The molecule has 0 unspecified atom stereocenters. The summed E-state index contributed by atoms with van der Waals surface area (Å²) in [5.74, 6) is 2.06. The van der Waals surface area contributed by atoms with Crippen LogP contribution in [-0.4, -0.2) is 47.8 Å². The van der Waals surface area contributed by atoms with E-state index in [0.717, 1.165) is 61.5 Å². The number of thiazole rings is 1. The summed E-state index contributed by atoms with van der Waals surface area (Å²) in [6.07, 6.45) is 0. The lowest BCUT2D eigenvalue weighted by atomic mass is 10.1. The van der Waals surface area contributed by atoms with Gasteiger partial charge in [-0.25, -0.2) is 9.37 Å². The Hall–Kier alpha value is -2.68. The molecule has 5 rings (SSSR count). The van der Waals surface area contributed by atoms with Gasteiger partial charge in [0.15, 0.2) is 11.5 Å². The fourth-order valence-corrected chi connectivity index (χ4v) is 4.49. The van der Waals surface area contributed by atoms with Gasteiger partial charge in [-0.05, 0) is 42.0 Å². The van der Waals surface area contributed by atoms with Crippen molar-refractivity contribution >= 4 is 11.3 Å². The second-order valence-corrected chi connectivity index (χ2v) is 8.66. The third-order valence-corrected chi connectivity index (χ3v) is 6.34. The van der Waals surface area contributed by atoms with E-state index >= 15 is 0 Å². The molecule has 0 amide bonds. The molecule has 2 aliphatic heterocycles. The number of halogens is 1. The fraction of sp³-hybridized carbons (Fsp3) is 0.348. The van der Waals surface area contributed by atoms with Gasteiger partial charge < -0.3 is 14.2 Å².